The molecule has 0 aliphatic carbocycles. The molecule has 2 rings (SSSR count). The van der Waals surface area contributed by atoms with Crippen LogP contribution in [0.1, 0.15) is 37.0 Å². The standard InChI is InChI=1S/C24H32N2O4/c1-6-10-25-24(28)19(4)26(15-20-8-7-9-21(14-20)29-5)23(27)16-30-22-12-17(2)11-18(3)13-22/h7-9,11-14,19H,6,10,15-16H2,1-5H3,(H,25,28). The van der Waals surface area contributed by atoms with E-state index in [2.05, 4.69) is 5.32 Å². The zero-order valence-electron chi connectivity index (χ0n) is 18.5. The van der Waals surface area contributed by atoms with Gasteiger partial charge in [-0.2, -0.15) is 0 Å². The Morgan fingerprint density at radius 2 is 1.77 bits per heavy atom. The second-order valence-corrected chi connectivity index (χ2v) is 7.45. The van der Waals surface area contributed by atoms with Gasteiger partial charge in [0, 0.05) is 13.1 Å². The van der Waals surface area contributed by atoms with Gasteiger partial charge in [0.2, 0.25) is 5.91 Å². The fourth-order valence-electron chi connectivity index (χ4n) is 3.19. The molecule has 0 spiro atoms. The van der Waals surface area contributed by atoms with Crippen LogP contribution >= 0.6 is 0 Å². The number of nitrogens with zero attached hydrogens (tertiary/aromatic N) is 1. The molecule has 162 valence electrons. The maximum absolute atomic E-state index is 13.1. The molecule has 0 aliphatic rings. The smallest absolute Gasteiger partial charge is 0.261 e. The third-order valence-electron chi connectivity index (χ3n) is 4.76. The van der Waals surface area contributed by atoms with E-state index in [4.69, 9.17) is 9.47 Å². The first-order chi connectivity index (χ1) is 14.3. The number of nitrogens with one attached hydrogen (secondary N) is 1. The molecular formula is C24H32N2O4. The van der Waals surface area contributed by atoms with E-state index in [1.54, 1.807) is 18.9 Å². The van der Waals surface area contributed by atoms with Crippen LogP contribution in [0.3, 0.4) is 0 Å². The predicted octanol–water partition coefficient (Wildman–Crippen LogP) is 3.63. The van der Waals surface area contributed by atoms with Gasteiger partial charge in [-0.05, 0) is 68.1 Å². The Labute approximate surface area is 179 Å². The van der Waals surface area contributed by atoms with Crippen molar-refractivity contribution < 1.29 is 19.1 Å². The molecule has 0 radical (unpaired) electrons. The summed E-state index contributed by atoms with van der Waals surface area (Å²) in [5.41, 5.74) is 3.01. The molecule has 0 saturated heterocycles. The fraction of sp³-hybridized carbons (Fsp3) is 0.417. The molecule has 2 aromatic carbocycles. The molecule has 1 atom stereocenters. The molecule has 0 aliphatic heterocycles. The minimum Gasteiger partial charge on any atom is -0.497 e. The highest BCUT2D eigenvalue weighted by Crippen LogP contribution is 2.18. The van der Waals surface area contributed by atoms with E-state index in [0.717, 1.165) is 23.1 Å². The van der Waals surface area contributed by atoms with Crippen molar-refractivity contribution in [2.75, 3.05) is 20.3 Å². The molecule has 0 saturated carbocycles. The summed E-state index contributed by atoms with van der Waals surface area (Å²) in [7, 11) is 1.60. The lowest BCUT2D eigenvalue weighted by atomic mass is 10.1. The van der Waals surface area contributed by atoms with Gasteiger partial charge < -0.3 is 19.7 Å². The van der Waals surface area contributed by atoms with E-state index in [1.165, 1.54) is 0 Å². The number of rotatable bonds is 10. The molecule has 2 amide bonds. The van der Waals surface area contributed by atoms with Gasteiger partial charge >= 0.3 is 0 Å². The molecule has 0 aromatic heterocycles. The second kappa shape index (κ2) is 11.2. The molecule has 0 heterocycles. The summed E-state index contributed by atoms with van der Waals surface area (Å²) in [6, 6.07) is 12.7. The Kier molecular flexibility index (Phi) is 8.71. The summed E-state index contributed by atoms with van der Waals surface area (Å²) in [6.07, 6.45) is 0.831. The number of carbonyl (C=O) groups is 2. The van der Waals surface area contributed by atoms with Crippen molar-refractivity contribution in [2.45, 2.75) is 46.7 Å². The first-order valence-corrected chi connectivity index (χ1v) is 10.2. The number of carbonyl (C=O) groups excluding carboxylic acids is 2. The Balaban J connectivity index is 2.17. The van der Waals surface area contributed by atoms with Crippen molar-refractivity contribution in [1.29, 1.82) is 0 Å². The number of hydrogen-bond acceptors (Lipinski definition) is 4. The zero-order valence-corrected chi connectivity index (χ0v) is 18.5. The van der Waals surface area contributed by atoms with Crippen LogP contribution in [0.5, 0.6) is 11.5 Å². The quantitative estimate of drug-likeness (QED) is 0.647. The minimum atomic E-state index is -0.627. The van der Waals surface area contributed by atoms with Crippen molar-refractivity contribution in [1.82, 2.24) is 10.2 Å². The van der Waals surface area contributed by atoms with Gasteiger partial charge in [-0.1, -0.05) is 25.1 Å². The average molecular weight is 413 g/mol. The van der Waals surface area contributed by atoms with Gasteiger partial charge in [-0.3, -0.25) is 9.59 Å². The van der Waals surface area contributed by atoms with Crippen molar-refractivity contribution in [3.8, 4) is 11.5 Å². The normalized spacial score (nSPS) is 11.5. The highest BCUT2D eigenvalue weighted by atomic mass is 16.5. The van der Waals surface area contributed by atoms with E-state index in [1.807, 2.05) is 63.2 Å². The Morgan fingerprint density at radius 1 is 1.07 bits per heavy atom. The van der Waals surface area contributed by atoms with Crippen LogP contribution in [0, 0.1) is 13.8 Å². The number of amides is 2. The van der Waals surface area contributed by atoms with Crippen molar-refractivity contribution in [3.05, 3.63) is 59.2 Å². The Bertz CT molecular complexity index is 846. The fourth-order valence-corrected chi connectivity index (χ4v) is 3.19. The molecule has 1 unspecified atom stereocenters. The van der Waals surface area contributed by atoms with Gasteiger partial charge in [0.05, 0.1) is 7.11 Å². The Morgan fingerprint density at radius 3 is 2.40 bits per heavy atom. The Hall–Kier alpha value is -3.02. The van der Waals surface area contributed by atoms with Crippen LogP contribution in [0.4, 0.5) is 0 Å². The van der Waals surface area contributed by atoms with Crippen molar-refractivity contribution in [3.63, 3.8) is 0 Å². The predicted molar refractivity (Wildman–Crippen MR) is 118 cm³/mol. The largest absolute Gasteiger partial charge is 0.497 e. The topological polar surface area (TPSA) is 67.9 Å². The van der Waals surface area contributed by atoms with E-state index in [0.29, 0.717) is 18.0 Å². The number of benzene rings is 2. The molecule has 2 aromatic rings. The summed E-state index contributed by atoms with van der Waals surface area (Å²) in [5.74, 6) is 0.912. The lowest BCUT2D eigenvalue weighted by Gasteiger charge is -2.29. The van der Waals surface area contributed by atoms with Crippen LogP contribution in [0.15, 0.2) is 42.5 Å². The maximum atomic E-state index is 13.1. The maximum Gasteiger partial charge on any atom is 0.261 e. The van der Waals surface area contributed by atoms with Gasteiger partial charge in [-0.15, -0.1) is 0 Å². The van der Waals surface area contributed by atoms with Crippen molar-refractivity contribution >= 4 is 11.8 Å². The average Bonchev–Trinajstić information content (AvgIpc) is 2.73. The highest BCUT2D eigenvalue weighted by Gasteiger charge is 2.26. The summed E-state index contributed by atoms with van der Waals surface area (Å²) < 4.78 is 11.0. The number of aryl methyl sites for hydroxylation is 2. The van der Waals surface area contributed by atoms with Gasteiger partial charge in [0.25, 0.3) is 5.91 Å². The lowest BCUT2D eigenvalue weighted by molar-refractivity contribution is -0.142. The number of ether oxygens (including phenoxy) is 2. The third-order valence-corrected chi connectivity index (χ3v) is 4.76. The van der Waals surface area contributed by atoms with E-state index in [9.17, 15) is 9.59 Å². The van der Waals surface area contributed by atoms with E-state index < -0.39 is 6.04 Å². The van der Waals surface area contributed by atoms with Crippen LogP contribution in [0.25, 0.3) is 0 Å². The molecular weight excluding hydrogens is 380 g/mol. The van der Waals surface area contributed by atoms with Crippen LogP contribution in [-0.2, 0) is 16.1 Å². The summed E-state index contributed by atoms with van der Waals surface area (Å²) in [5, 5.41) is 2.87. The number of hydrogen-bond donors (Lipinski definition) is 1. The molecule has 0 fully saturated rings. The third kappa shape index (κ3) is 6.79. The SMILES string of the molecule is CCCNC(=O)C(C)N(Cc1cccc(OC)c1)C(=O)COc1cc(C)cc(C)c1. The molecule has 0 bridgehead atoms. The monoisotopic (exact) mass is 412 g/mol. The summed E-state index contributed by atoms with van der Waals surface area (Å²) in [6.45, 7) is 8.41. The van der Waals surface area contributed by atoms with Gasteiger partial charge in [0.15, 0.2) is 6.61 Å². The van der Waals surface area contributed by atoms with E-state index in [-0.39, 0.29) is 25.0 Å². The summed E-state index contributed by atoms with van der Waals surface area (Å²) in [4.78, 5) is 27.2. The van der Waals surface area contributed by atoms with E-state index >= 15 is 0 Å². The molecule has 6 nitrogen and oxygen atoms in total. The van der Waals surface area contributed by atoms with Gasteiger partial charge in [-0.25, -0.2) is 0 Å². The van der Waals surface area contributed by atoms with Gasteiger partial charge in [0.1, 0.15) is 17.5 Å². The minimum absolute atomic E-state index is 0.141. The van der Waals surface area contributed by atoms with Crippen LogP contribution in [0.2, 0.25) is 0 Å². The first-order valence-electron chi connectivity index (χ1n) is 10.2. The first kappa shape index (κ1) is 23.3. The lowest BCUT2D eigenvalue weighted by Crippen LogP contribution is -2.49. The van der Waals surface area contributed by atoms with Crippen LogP contribution in [-0.4, -0.2) is 43.0 Å². The second-order valence-electron chi connectivity index (χ2n) is 7.45. The molecule has 30 heavy (non-hydrogen) atoms. The molecule has 6 heteroatoms. The zero-order chi connectivity index (χ0) is 22.1. The number of methoxy groups -OCH3 is 1. The highest BCUT2D eigenvalue weighted by molar-refractivity contribution is 5.87. The van der Waals surface area contributed by atoms with Crippen molar-refractivity contribution in [2.24, 2.45) is 0 Å². The molecule has 1 N–H and O–H groups in total. The summed E-state index contributed by atoms with van der Waals surface area (Å²) >= 11 is 0. The van der Waals surface area contributed by atoms with Crippen LogP contribution < -0.4 is 14.8 Å².